The van der Waals surface area contributed by atoms with Crippen LogP contribution >= 0.6 is 11.6 Å². The number of hydrogen-bond donors (Lipinski definition) is 0. The molecule has 0 saturated carbocycles. The van der Waals surface area contributed by atoms with Gasteiger partial charge in [-0.2, -0.15) is 0 Å². The number of unbranched alkanes of at least 4 members (excludes halogenated alkanes) is 1. The summed E-state index contributed by atoms with van der Waals surface area (Å²) in [7, 11) is 0. The molecule has 0 atom stereocenters. The van der Waals surface area contributed by atoms with Crippen LogP contribution in [0.5, 0.6) is 5.88 Å². The molecule has 0 spiro atoms. The molecule has 72 valence electrons. The van der Waals surface area contributed by atoms with Crippen LogP contribution in [0.25, 0.3) is 0 Å². The fourth-order valence-electron chi connectivity index (χ4n) is 0.841. The van der Waals surface area contributed by atoms with Gasteiger partial charge < -0.3 is 4.74 Å². The molecule has 0 aliphatic heterocycles. The van der Waals surface area contributed by atoms with Crippen molar-refractivity contribution in [2.75, 3.05) is 6.61 Å². The minimum Gasteiger partial charge on any atom is -0.477 e. The van der Waals surface area contributed by atoms with E-state index < -0.39 is 0 Å². The Balaban J connectivity index is 2.46. The number of alkyl halides is 1. The van der Waals surface area contributed by atoms with Crippen LogP contribution in [0.3, 0.4) is 0 Å². The van der Waals surface area contributed by atoms with E-state index in [0.29, 0.717) is 18.4 Å². The van der Waals surface area contributed by atoms with Crippen LogP contribution in [0.1, 0.15) is 25.5 Å². The van der Waals surface area contributed by atoms with Crippen molar-refractivity contribution in [3.05, 3.63) is 18.1 Å². The maximum atomic E-state index is 5.60. The van der Waals surface area contributed by atoms with Crippen molar-refractivity contribution in [2.24, 2.45) is 0 Å². The van der Waals surface area contributed by atoms with Crippen molar-refractivity contribution >= 4 is 11.6 Å². The molecule has 1 heterocycles. The molecule has 0 aliphatic carbocycles. The van der Waals surface area contributed by atoms with Crippen LogP contribution in [0.15, 0.2) is 12.4 Å². The molecular formula is C9H13ClN2O. The minimum absolute atomic E-state index is 0.373. The topological polar surface area (TPSA) is 35.0 Å². The molecule has 0 radical (unpaired) electrons. The summed E-state index contributed by atoms with van der Waals surface area (Å²) in [6.07, 6.45) is 5.39. The Morgan fingerprint density at radius 1 is 1.46 bits per heavy atom. The molecule has 1 aromatic rings. The molecule has 0 fully saturated rings. The van der Waals surface area contributed by atoms with Gasteiger partial charge in [-0.15, -0.1) is 11.6 Å². The van der Waals surface area contributed by atoms with E-state index in [1.54, 1.807) is 12.4 Å². The second-order valence-corrected chi connectivity index (χ2v) is 2.95. The minimum atomic E-state index is 0.373. The Labute approximate surface area is 83.1 Å². The summed E-state index contributed by atoms with van der Waals surface area (Å²) in [5.74, 6) is 0.935. The first-order valence-electron chi connectivity index (χ1n) is 4.36. The van der Waals surface area contributed by atoms with Gasteiger partial charge in [0.15, 0.2) is 0 Å². The lowest BCUT2D eigenvalue weighted by molar-refractivity contribution is 0.296. The van der Waals surface area contributed by atoms with Gasteiger partial charge in [-0.25, -0.2) is 4.98 Å². The van der Waals surface area contributed by atoms with Crippen molar-refractivity contribution in [2.45, 2.75) is 25.6 Å². The van der Waals surface area contributed by atoms with Gasteiger partial charge in [0, 0.05) is 6.20 Å². The van der Waals surface area contributed by atoms with Crippen molar-refractivity contribution in [3.63, 3.8) is 0 Å². The van der Waals surface area contributed by atoms with Gasteiger partial charge in [0.05, 0.1) is 24.4 Å². The molecule has 1 rings (SSSR count). The molecule has 0 unspecified atom stereocenters. The Hall–Kier alpha value is -0.830. The first-order valence-corrected chi connectivity index (χ1v) is 4.90. The molecular weight excluding hydrogens is 188 g/mol. The lowest BCUT2D eigenvalue weighted by Crippen LogP contribution is -2.00. The average molecular weight is 201 g/mol. The van der Waals surface area contributed by atoms with Gasteiger partial charge in [-0.05, 0) is 6.42 Å². The largest absolute Gasteiger partial charge is 0.477 e. The summed E-state index contributed by atoms with van der Waals surface area (Å²) in [6, 6.07) is 0. The number of rotatable bonds is 5. The molecule has 0 N–H and O–H groups in total. The number of aromatic nitrogens is 2. The smallest absolute Gasteiger partial charge is 0.232 e. The van der Waals surface area contributed by atoms with Gasteiger partial charge >= 0.3 is 0 Å². The summed E-state index contributed by atoms with van der Waals surface area (Å²) in [5.41, 5.74) is 0.746. The Morgan fingerprint density at radius 2 is 2.31 bits per heavy atom. The molecule has 0 bridgehead atoms. The zero-order chi connectivity index (χ0) is 9.52. The van der Waals surface area contributed by atoms with E-state index in [-0.39, 0.29) is 0 Å². The third-order valence-electron chi connectivity index (χ3n) is 1.55. The van der Waals surface area contributed by atoms with E-state index in [4.69, 9.17) is 16.3 Å². The van der Waals surface area contributed by atoms with Crippen LogP contribution in [0, 0.1) is 0 Å². The predicted octanol–water partition coefficient (Wildman–Crippen LogP) is 2.39. The molecule has 13 heavy (non-hydrogen) atoms. The summed E-state index contributed by atoms with van der Waals surface area (Å²) < 4.78 is 5.36. The quantitative estimate of drug-likeness (QED) is 0.541. The highest BCUT2D eigenvalue weighted by molar-refractivity contribution is 6.16. The van der Waals surface area contributed by atoms with Crippen molar-refractivity contribution in [1.82, 2.24) is 9.97 Å². The second-order valence-electron chi connectivity index (χ2n) is 2.68. The fourth-order valence-corrected chi connectivity index (χ4v) is 0.970. The summed E-state index contributed by atoms with van der Waals surface area (Å²) >= 11 is 5.60. The highest BCUT2D eigenvalue weighted by atomic mass is 35.5. The predicted molar refractivity (Wildman–Crippen MR) is 52.0 cm³/mol. The van der Waals surface area contributed by atoms with E-state index in [9.17, 15) is 0 Å². The summed E-state index contributed by atoms with van der Waals surface area (Å²) in [5, 5.41) is 0. The lowest BCUT2D eigenvalue weighted by atomic mass is 10.4. The van der Waals surface area contributed by atoms with Gasteiger partial charge in [-0.1, -0.05) is 13.3 Å². The third-order valence-corrected chi connectivity index (χ3v) is 1.82. The van der Waals surface area contributed by atoms with Crippen LogP contribution in [0.2, 0.25) is 0 Å². The number of ether oxygens (including phenoxy) is 1. The number of halogens is 1. The fraction of sp³-hybridized carbons (Fsp3) is 0.556. The van der Waals surface area contributed by atoms with Gasteiger partial charge in [0.1, 0.15) is 0 Å². The third kappa shape index (κ3) is 3.59. The molecule has 3 nitrogen and oxygen atoms in total. The van der Waals surface area contributed by atoms with Crippen molar-refractivity contribution in [1.29, 1.82) is 0 Å². The zero-order valence-electron chi connectivity index (χ0n) is 7.66. The normalized spacial score (nSPS) is 10.0. The molecule has 0 aromatic carbocycles. The Bertz CT molecular complexity index is 255. The Morgan fingerprint density at radius 3 is 3.00 bits per heavy atom. The highest BCUT2D eigenvalue weighted by Gasteiger charge is 1.97. The van der Waals surface area contributed by atoms with Crippen LogP contribution in [-0.2, 0) is 5.88 Å². The maximum Gasteiger partial charge on any atom is 0.232 e. The van der Waals surface area contributed by atoms with Crippen LogP contribution in [0.4, 0.5) is 0 Å². The summed E-state index contributed by atoms with van der Waals surface area (Å²) in [4.78, 5) is 8.11. The van der Waals surface area contributed by atoms with Crippen LogP contribution in [-0.4, -0.2) is 16.6 Å². The maximum absolute atomic E-state index is 5.60. The summed E-state index contributed by atoms with van der Waals surface area (Å²) in [6.45, 7) is 2.81. The molecule has 0 saturated heterocycles. The van der Waals surface area contributed by atoms with E-state index in [1.807, 2.05) is 0 Å². The molecule has 4 heteroatoms. The zero-order valence-corrected chi connectivity index (χ0v) is 8.42. The SMILES string of the molecule is CCCCOc1cncc(CCl)n1. The van der Waals surface area contributed by atoms with E-state index in [1.165, 1.54) is 0 Å². The van der Waals surface area contributed by atoms with Gasteiger partial charge in [0.2, 0.25) is 5.88 Å². The first-order chi connectivity index (χ1) is 6.36. The Kier molecular flexibility index (Phi) is 4.54. The number of hydrogen-bond acceptors (Lipinski definition) is 3. The van der Waals surface area contributed by atoms with Crippen LogP contribution < -0.4 is 4.74 Å². The second kappa shape index (κ2) is 5.75. The molecule has 1 aromatic heterocycles. The van der Waals surface area contributed by atoms with E-state index >= 15 is 0 Å². The lowest BCUT2D eigenvalue weighted by Gasteiger charge is -2.03. The van der Waals surface area contributed by atoms with Gasteiger partial charge in [0.25, 0.3) is 0 Å². The number of nitrogens with zero attached hydrogens (tertiary/aromatic N) is 2. The van der Waals surface area contributed by atoms with E-state index in [0.717, 1.165) is 18.5 Å². The highest BCUT2D eigenvalue weighted by Crippen LogP contribution is 2.07. The molecule has 0 aliphatic rings. The average Bonchev–Trinajstić information content (AvgIpc) is 2.19. The standard InChI is InChI=1S/C9H13ClN2O/c1-2-3-4-13-9-7-11-6-8(5-10)12-9/h6-7H,2-5H2,1H3. The van der Waals surface area contributed by atoms with Crippen molar-refractivity contribution < 1.29 is 4.74 Å². The monoisotopic (exact) mass is 200 g/mol. The van der Waals surface area contributed by atoms with Gasteiger partial charge in [-0.3, -0.25) is 4.98 Å². The van der Waals surface area contributed by atoms with E-state index in [2.05, 4.69) is 16.9 Å². The first kappa shape index (κ1) is 10.3. The van der Waals surface area contributed by atoms with Crippen molar-refractivity contribution in [3.8, 4) is 5.88 Å². The molecule has 0 amide bonds.